The predicted octanol–water partition coefficient (Wildman–Crippen LogP) is 4.02. The molecule has 0 saturated carbocycles. The number of hydrogen-bond acceptors (Lipinski definition) is 3. The van der Waals surface area contributed by atoms with E-state index in [4.69, 9.17) is 10.00 Å². The maximum atomic E-state index is 8.51. The summed E-state index contributed by atoms with van der Waals surface area (Å²) in [6.07, 6.45) is 1.30. The molecule has 0 atom stereocenters. The second kappa shape index (κ2) is 7.52. The van der Waals surface area contributed by atoms with Crippen molar-refractivity contribution in [2.75, 3.05) is 6.61 Å². The quantitative estimate of drug-likeness (QED) is 0.804. The van der Waals surface area contributed by atoms with E-state index in [1.54, 1.807) is 0 Å². The molecule has 4 heteroatoms. The van der Waals surface area contributed by atoms with Crippen LogP contribution in [0, 0.1) is 11.3 Å². The van der Waals surface area contributed by atoms with Crippen LogP contribution in [0.15, 0.2) is 22.7 Å². The van der Waals surface area contributed by atoms with Gasteiger partial charge in [0.05, 0.1) is 12.7 Å². The average molecular weight is 325 g/mol. The van der Waals surface area contributed by atoms with Gasteiger partial charge in [0.25, 0.3) is 0 Å². The monoisotopic (exact) mass is 324 g/mol. The Hall–Kier alpha value is -1.05. The third-order valence-electron chi connectivity index (χ3n) is 2.52. The number of rotatable bonds is 6. The number of nitriles is 1. The van der Waals surface area contributed by atoms with Crippen molar-refractivity contribution in [2.24, 2.45) is 0 Å². The molecule has 1 aromatic rings. The molecule has 0 fully saturated rings. The normalized spacial score (nSPS) is 11.1. The Kier molecular flexibility index (Phi) is 6.33. The van der Waals surface area contributed by atoms with Gasteiger partial charge in [0.15, 0.2) is 0 Å². The minimum absolute atomic E-state index is 0.0698. The highest BCUT2D eigenvalue weighted by Crippen LogP contribution is 2.24. The highest BCUT2D eigenvalue weighted by atomic mass is 79.9. The maximum absolute atomic E-state index is 8.51. The first kappa shape index (κ1) is 16.0. The van der Waals surface area contributed by atoms with E-state index < -0.39 is 0 Å². The molecule has 0 aliphatic carbocycles. The van der Waals surface area contributed by atoms with Crippen molar-refractivity contribution >= 4 is 15.9 Å². The third kappa shape index (κ3) is 6.60. The van der Waals surface area contributed by atoms with Crippen molar-refractivity contribution < 1.29 is 4.74 Å². The number of halogens is 1. The second-order valence-electron chi connectivity index (χ2n) is 5.47. The van der Waals surface area contributed by atoms with Crippen molar-refractivity contribution in [1.82, 2.24) is 5.32 Å². The van der Waals surface area contributed by atoms with Gasteiger partial charge < -0.3 is 10.1 Å². The van der Waals surface area contributed by atoms with Crippen molar-refractivity contribution in [3.8, 4) is 11.8 Å². The van der Waals surface area contributed by atoms with E-state index in [-0.39, 0.29) is 5.54 Å². The molecule has 0 saturated heterocycles. The lowest BCUT2D eigenvalue weighted by Crippen LogP contribution is -2.35. The molecular weight excluding hydrogens is 304 g/mol. The predicted molar refractivity (Wildman–Crippen MR) is 81.1 cm³/mol. The van der Waals surface area contributed by atoms with Crippen LogP contribution < -0.4 is 10.1 Å². The molecule has 104 valence electrons. The summed E-state index contributed by atoms with van der Waals surface area (Å²) < 4.78 is 6.79. The van der Waals surface area contributed by atoms with E-state index in [0.717, 1.165) is 28.8 Å². The van der Waals surface area contributed by atoms with E-state index in [1.807, 2.05) is 12.1 Å². The molecule has 1 aromatic carbocycles. The molecule has 0 aliphatic heterocycles. The van der Waals surface area contributed by atoms with E-state index in [0.29, 0.717) is 13.0 Å². The van der Waals surface area contributed by atoms with Crippen LogP contribution in [0.4, 0.5) is 0 Å². The number of nitrogens with zero attached hydrogens (tertiary/aromatic N) is 1. The largest absolute Gasteiger partial charge is 0.493 e. The molecule has 0 aliphatic rings. The van der Waals surface area contributed by atoms with Gasteiger partial charge in [0.2, 0.25) is 0 Å². The van der Waals surface area contributed by atoms with Gasteiger partial charge in [-0.25, -0.2) is 0 Å². The van der Waals surface area contributed by atoms with E-state index in [1.165, 1.54) is 0 Å². The van der Waals surface area contributed by atoms with Gasteiger partial charge in [-0.05, 0) is 45.4 Å². The van der Waals surface area contributed by atoms with Crippen molar-refractivity contribution in [3.63, 3.8) is 0 Å². The summed E-state index contributed by atoms with van der Waals surface area (Å²) >= 11 is 3.48. The van der Waals surface area contributed by atoms with Crippen molar-refractivity contribution in [2.45, 2.75) is 45.7 Å². The average Bonchev–Trinajstić information content (AvgIpc) is 2.33. The van der Waals surface area contributed by atoms with Gasteiger partial charge in [-0.1, -0.05) is 15.9 Å². The third-order valence-corrected chi connectivity index (χ3v) is 3.02. The zero-order chi connectivity index (χ0) is 14.3. The van der Waals surface area contributed by atoms with Gasteiger partial charge in [0, 0.05) is 28.5 Å². The molecule has 0 radical (unpaired) electrons. The Morgan fingerprint density at radius 1 is 1.37 bits per heavy atom. The molecule has 19 heavy (non-hydrogen) atoms. The smallest absolute Gasteiger partial charge is 0.123 e. The minimum Gasteiger partial charge on any atom is -0.493 e. The summed E-state index contributed by atoms with van der Waals surface area (Å²) in [6.45, 7) is 7.75. The molecule has 0 aromatic heterocycles. The van der Waals surface area contributed by atoms with E-state index in [9.17, 15) is 0 Å². The lowest BCUT2D eigenvalue weighted by atomic mass is 10.1. The summed E-state index contributed by atoms with van der Waals surface area (Å²) in [4.78, 5) is 0. The summed E-state index contributed by atoms with van der Waals surface area (Å²) in [5.41, 5.74) is 1.20. The highest BCUT2D eigenvalue weighted by molar-refractivity contribution is 9.10. The summed E-state index contributed by atoms with van der Waals surface area (Å²) in [5.74, 6) is 0.887. The zero-order valence-corrected chi connectivity index (χ0v) is 13.4. The van der Waals surface area contributed by atoms with Crippen molar-refractivity contribution in [3.05, 3.63) is 28.2 Å². The van der Waals surface area contributed by atoms with Gasteiger partial charge in [-0.2, -0.15) is 5.26 Å². The summed E-state index contributed by atoms with van der Waals surface area (Å²) in [5, 5.41) is 12.0. The number of benzene rings is 1. The first-order valence-corrected chi connectivity index (χ1v) is 7.25. The first-order valence-electron chi connectivity index (χ1n) is 6.45. The SMILES string of the molecule is CC(C)(C)NCc1cc(Br)ccc1OCCCC#N. The Balaban J connectivity index is 2.66. The van der Waals surface area contributed by atoms with Gasteiger partial charge in [-0.3, -0.25) is 0 Å². The molecule has 1 N–H and O–H groups in total. The molecular formula is C15H21BrN2O. The first-order chi connectivity index (χ1) is 8.92. The van der Waals surface area contributed by atoms with Crippen LogP contribution in [0.3, 0.4) is 0 Å². The van der Waals surface area contributed by atoms with Gasteiger partial charge in [0.1, 0.15) is 5.75 Å². The van der Waals surface area contributed by atoms with Crippen LogP contribution in [-0.4, -0.2) is 12.1 Å². The number of hydrogen-bond donors (Lipinski definition) is 1. The van der Waals surface area contributed by atoms with Crippen LogP contribution in [0.2, 0.25) is 0 Å². The van der Waals surface area contributed by atoms with Crippen LogP contribution in [0.5, 0.6) is 5.75 Å². The number of nitrogens with one attached hydrogen (secondary N) is 1. The molecule has 0 unspecified atom stereocenters. The molecule has 0 amide bonds. The molecule has 1 rings (SSSR count). The van der Waals surface area contributed by atoms with Crippen LogP contribution in [-0.2, 0) is 6.54 Å². The fourth-order valence-electron chi connectivity index (χ4n) is 1.52. The zero-order valence-electron chi connectivity index (χ0n) is 11.8. The lowest BCUT2D eigenvalue weighted by molar-refractivity contribution is 0.306. The Morgan fingerprint density at radius 3 is 2.74 bits per heavy atom. The second-order valence-corrected chi connectivity index (χ2v) is 6.38. The van der Waals surface area contributed by atoms with E-state index >= 15 is 0 Å². The van der Waals surface area contributed by atoms with Crippen molar-refractivity contribution in [1.29, 1.82) is 5.26 Å². The topological polar surface area (TPSA) is 45.0 Å². The standard InChI is InChI=1S/C15H21BrN2O/c1-15(2,3)18-11-12-10-13(16)6-7-14(12)19-9-5-4-8-17/h6-7,10,18H,4-5,9,11H2,1-3H3. The minimum atomic E-state index is 0.0698. The van der Waals surface area contributed by atoms with Crippen LogP contribution >= 0.6 is 15.9 Å². The van der Waals surface area contributed by atoms with Crippen LogP contribution in [0.1, 0.15) is 39.2 Å². The molecule has 0 heterocycles. The number of ether oxygens (including phenoxy) is 1. The van der Waals surface area contributed by atoms with Gasteiger partial charge in [-0.15, -0.1) is 0 Å². The van der Waals surface area contributed by atoms with Gasteiger partial charge >= 0.3 is 0 Å². The lowest BCUT2D eigenvalue weighted by Gasteiger charge is -2.21. The van der Waals surface area contributed by atoms with Crippen LogP contribution in [0.25, 0.3) is 0 Å². The highest BCUT2D eigenvalue weighted by Gasteiger charge is 2.11. The number of unbranched alkanes of at least 4 members (excludes halogenated alkanes) is 1. The molecule has 3 nitrogen and oxygen atoms in total. The summed E-state index contributed by atoms with van der Waals surface area (Å²) in [7, 11) is 0. The fraction of sp³-hybridized carbons (Fsp3) is 0.533. The van der Waals surface area contributed by atoms with E-state index in [2.05, 4.69) is 54.2 Å². The maximum Gasteiger partial charge on any atom is 0.123 e. The Bertz CT molecular complexity index is 446. The molecule has 0 bridgehead atoms. The fourth-order valence-corrected chi connectivity index (χ4v) is 1.93. The molecule has 0 spiro atoms. The summed E-state index contributed by atoms with van der Waals surface area (Å²) in [6, 6.07) is 8.13. The Morgan fingerprint density at radius 2 is 2.11 bits per heavy atom. The Labute approximate surface area is 124 Å².